The lowest BCUT2D eigenvalue weighted by atomic mass is 9.85. The highest BCUT2D eigenvalue weighted by Gasteiger charge is 2.49. The third kappa shape index (κ3) is 6.36. The molecule has 6 rings (SSSR count). The van der Waals surface area contributed by atoms with Crippen LogP contribution in [0.1, 0.15) is 43.4 Å². The summed E-state index contributed by atoms with van der Waals surface area (Å²) in [6.07, 6.45) is -8.42. The molecule has 1 saturated heterocycles. The molecular formula is C34H39NO12. The maximum absolute atomic E-state index is 11.6. The van der Waals surface area contributed by atoms with Gasteiger partial charge >= 0.3 is 5.97 Å². The van der Waals surface area contributed by atoms with Crippen molar-refractivity contribution in [3.05, 3.63) is 59.7 Å². The fourth-order valence-electron chi connectivity index (χ4n) is 6.14. The second kappa shape index (κ2) is 13.5. The van der Waals surface area contributed by atoms with Crippen molar-refractivity contribution in [2.45, 2.75) is 63.0 Å². The molecule has 7 atom stereocenters. The van der Waals surface area contributed by atoms with E-state index in [-0.39, 0.29) is 24.0 Å². The normalized spacial score (nSPS) is 26.0. The zero-order chi connectivity index (χ0) is 33.4. The lowest BCUT2D eigenvalue weighted by Gasteiger charge is -2.38. The Balaban J connectivity index is 1.33. The molecule has 13 heteroatoms. The van der Waals surface area contributed by atoms with Gasteiger partial charge in [0.25, 0.3) is 0 Å². The molecule has 0 amide bonds. The molecule has 3 aromatic rings. The molecule has 6 N–H and O–H groups in total. The topological polar surface area (TPSA) is 186 Å². The Morgan fingerprint density at radius 1 is 1.06 bits per heavy atom. The quantitative estimate of drug-likeness (QED) is 0.131. The molecule has 3 aliphatic rings. The van der Waals surface area contributed by atoms with Gasteiger partial charge in [-0.15, -0.1) is 0 Å². The molecule has 13 nitrogen and oxygen atoms in total. The number of methoxy groups -OCH3 is 1. The first-order valence-electron chi connectivity index (χ1n) is 15.5. The van der Waals surface area contributed by atoms with Gasteiger partial charge in [0.2, 0.25) is 12.0 Å². The number of phenolic OH excluding ortho intramolecular Hbond substituents is 1. The van der Waals surface area contributed by atoms with Crippen molar-refractivity contribution >= 4 is 5.97 Å². The lowest BCUT2D eigenvalue weighted by molar-refractivity contribution is -0.271. The number of carboxylic acid groups (broad SMARTS) is 1. The van der Waals surface area contributed by atoms with E-state index in [1.807, 2.05) is 12.1 Å². The van der Waals surface area contributed by atoms with Crippen LogP contribution in [-0.4, -0.2) is 89.2 Å². The summed E-state index contributed by atoms with van der Waals surface area (Å²) in [5, 5.41) is 54.0. The number of aromatic hydroxyl groups is 1. The predicted octanol–water partition coefficient (Wildman–Crippen LogP) is 2.92. The molecule has 0 aromatic heterocycles. The average molecular weight is 654 g/mol. The van der Waals surface area contributed by atoms with Crippen molar-refractivity contribution in [1.82, 2.24) is 5.32 Å². The molecule has 0 saturated carbocycles. The number of fused-ring (bicyclic) bond motifs is 5. The number of carboxylic acids is 1. The summed E-state index contributed by atoms with van der Waals surface area (Å²) in [5.74, 6) is 0.871. The molecule has 47 heavy (non-hydrogen) atoms. The number of nitrogens with one attached hydrogen (secondary N) is 1. The number of rotatable bonds is 11. The molecule has 252 valence electrons. The van der Waals surface area contributed by atoms with E-state index in [9.17, 15) is 30.3 Å². The van der Waals surface area contributed by atoms with Gasteiger partial charge in [-0.1, -0.05) is 32.0 Å². The van der Waals surface area contributed by atoms with Gasteiger partial charge in [-0.2, -0.15) is 0 Å². The van der Waals surface area contributed by atoms with E-state index in [0.717, 1.165) is 18.5 Å². The van der Waals surface area contributed by atoms with Crippen LogP contribution in [0.3, 0.4) is 0 Å². The van der Waals surface area contributed by atoms with Crippen molar-refractivity contribution in [1.29, 1.82) is 0 Å². The molecular weight excluding hydrogens is 614 g/mol. The standard InChI is InChI=1S/C34H39NO12/c1-16(2)9-10-35-15-44-23-8-7-20-22-14-43-24-13-19(45-34-28(39)26(37)27(38)32(47-34)33(40)41)12-21(17-5-4-6-18(36)11-17)25(24)29(22)46-30(20)31(23)42-3/h4-8,11-13,16,22,26-29,32,34-39H,9-10,14-15H2,1-3H3,(H,40,41)/t22-,26-,27-,28+,29+,32-,34+/m0/s1. The number of aliphatic carboxylic acids is 1. The number of hydrogen-bond acceptors (Lipinski definition) is 12. The molecule has 0 bridgehead atoms. The SMILES string of the molecule is COc1c(OCNCCC(C)C)ccc2c1O[C@H]1c3c(cc(O[C@@H]4O[C@H](C(=O)O)[C@@H](O)[C@H](O)[C@H]4O)cc3-c3cccc(O)c3)OC[C@@H]21. The van der Waals surface area contributed by atoms with Gasteiger partial charge in [0.05, 0.1) is 19.6 Å². The Kier molecular flexibility index (Phi) is 9.35. The Morgan fingerprint density at radius 2 is 1.87 bits per heavy atom. The first kappa shape index (κ1) is 32.7. The summed E-state index contributed by atoms with van der Waals surface area (Å²) in [6.45, 7) is 5.68. The van der Waals surface area contributed by atoms with E-state index in [4.69, 9.17) is 28.4 Å². The van der Waals surface area contributed by atoms with Gasteiger partial charge in [-0.25, -0.2) is 4.79 Å². The second-order valence-corrected chi connectivity index (χ2v) is 12.2. The molecule has 1 fully saturated rings. The van der Waals surface area contributed by atoms with Crippen molar-refractivity contribution in [3.63, 3.8) is 0 Å². The number of hydrogen-bond donors (Lipinski definition) is 6. The highest BCUT2D eigenvalue weighted by atomic mass is 16.7. The van der Waals surface area contributed by atoms with Crippen LogP contribution < -0.4 is 29.0 Å². The van der Waals surface area contributed by atoms with Gasteiger partial charge in [0.15, 0.2) is 17.6 Å². The molecule has 0 spiro atoms. The van der Waals surface area contributed by atoms with Crippen LogP contribution in [0.5, 0.6) is 34.5 Å². The largest absolute Gasteiger partial charge is 0.508 e. The fraction of sp³-hybridized carbons (Fsp3) is 0.441. The van der Waals surface area contributed by atoms with Crippen LogP contribution in [-0.2, 0) is 9.53 Å². The number of ether oxygens (including phenoxy) is 6. The second-order valence-electron chi connectivity index (χ2n) is 12.2. The number of phenols is 1. The monoisotopic (exact) mass is 653 g/mol. The van der Waals surface area contributed by atoms with E-state index in [1.54, 1.807) is 37.4 Å². The van der Waals surface area contributed by atoms with Gasteiger partial charge in [-0.05, 0) is 54.3 Å². The Labute approximate surface area is 271 Å². The number of carbonyl (C=O) groups is 1. The van der Waals surface area contributed by atoms with E-state index in [2.05, 4.69) is 19.2 Å². The third-order valence-electron chi connectivity index (χ3n) is 8.59. The smallest absolute Gasteiger partial charge is 0.335 e. The zero-order valence-electron chi connectivity index (χ0n) is 26.2. The number of aliphatic hydroxyl groups excluding tert-OH is 3. The van der Waals surface area contributed by atoms with Crippen LogP contribution in [0.4, 0.5) is 0 Å². The van der Waals surface area contributed by atoms with E-state index in [1.165, 1.54) is 6.07 Å². The van der Waals surface area contributed by atoms with Crippen LogP contribution in [0.25, 0.3) is 11.1 Å². The Bertz CT molecular complexity index is 1610. The highest BCUT2D eigenvalue weighted by molar-refractivity contribution is 5.76. The van der Waals surface area contributed by atoms with Crippen LogP contribution in [0.15, 0.2) is 48.5 Å². The average Bonchev–Trinajstić information content (AvgIpc) is 3.43. The maximum Gasteiger partial charge on any atom is 0.335 e. The maximum atomic E-state index is 11.6. The third-order valence-corrected chi connectivity index (χ3v) is 8.59. The Hall–Kier alpha value is -4.27. The predicted molar refractivity (Wildman–Crippen MR) is 166 cm³/mol. The summed E-state index contributed by atoms with van der Waals surface area (Å²) in [5.41, 5.74) is 2.72. The minimum absolute atomic E-state index is 0.0179. The zero-order valence-corrected chi connectivity index (χ0v) is 26.2. The van der Waals surface area contributed by atoms with Crippen molar-refractivity contribution in [2.24, 2.45) is 5.92 Å². The van der Waals surface area contributed by atoms with Gasteiger partial charge in [-0.3, -0.25) is 5.32 Å². The fourth-order valence-corrected chi connectivity index (χ4v) is 6.14. The molecule has 3 aromatic carbocycles. The first-order chi connectivity index (χ1) is 22.6. The van der Waals surface area contributed by atoms with Gasteiger partial charge in [0, 0.05) is 17.2 Å². The summed E-state index contributed by atoms with van der Waals surface area (Å²) < 4.78 is 35.9. The molecule has 0 unspecified atom stereocenters. The van der Waals surface area contributed by atoms with Crippen molar-refractivity contribution < 1.29 is 58.7 Å². The van der Waals surface area contributed by atoms with Crippen LogP contribution >= 0.6 is 0 Å². The summed E-state index contributed by atoms with van der Waals surface area (Å²) >= 11 is 0. The molecule has 0 aliphatic carbocycles. The van der Waals surface area contributed by atoms with E-state index in [0.29, 0.717) is 52.3 Å². The number of aliphatic hydroxyl groups is 3. The summed E-state index contributed by atoms with van der Waals surface area (Å²) in [7, 11) is 1.55. The minimum Gasteiger partial charge on any atom is -0.508 e. The van der Waals surface area contributed by atoms with Crippen LogP contribution in [0.2, 0.25) is 0 Å². The number of benzene rings is 3. The van der Waals surface area contributed by atoms with Gasteiger partial charge in [0.1, 0.15) is 48.4 Å². The van der Waals surface area contributed by atoms with Crippen molar-refractivity contribution in [3.8, 4) is 45.6 Å². The highest BCUT2D eigenvalue weighted by Crippen LogP contribution is 2.58. The molecule has 3 heterocycles. The summed E-state index contributed by atoms with van der Waals surface area (Å²) in [6, 6.07) is 13.5. The van der Waals surface area contributed by atoms with E-state index < -0.39 is 42.8 Å². The minimum atomic E-state index is -1.86. The van der Waals surface area contributed by atoms with Crippen LogP contribution in [0, 0.1) is 5.92 Å². The summed E-state index contributed by atoms with van der Waals surface area (Å²) in [4.78, 5) is 11.6. The molecule has 0 radical (unpaired) electrons. The van der Waals surface area contributed by atoms with E-state index >= 15 is 0 Å². The van der Waals surface area contributed by atoms with Gasteiger partial charge < -0.3 is 54.0 Å². The van der Waals surface area contributed by atoms with Crippen molar-refractivity contribution in [2.75, 3.05) is 27.0 Å². The molecule has 3 aliphatic heterocycles. The Morgan fingerprint density at radius 3 is 2.60 bits per heavy atom. The first-order valence-corrected chi connectivity index (χ1v) is 15.5. The lowest BCUT2D eigenvalue weighted by Crippen LogP contribution is -2.61.